The van der Waals surface area contributed by atoms with E-state index in [9.17, 15) is 18.0 Å². The Balaban J connectivity index is 1.83. The molecule has 0 radical (unpaired) electrons. The summed E-state index contributed by atoms with van der Waals surface area (Å²) in [6.45, 7) is 6.41. The number of halogens is 3. The predicted molar refractivity (Wildman–Crippen MR) is 130 cm³/mol. The smallest absolute Gasteiger partial charge is 0.380 e. The van der Waals surface area contributed by atoms with Crippen molar-refractivity contribution in [3.63, 3.8) is 0 Å². The van der Waals surface area contributed by atoms with Crippen LogP contribution >= 0.6 is 0 Å². The molecule has 1 aromatic carbocycles. The standard InChI is InChI=1S/C26H33F3N4O2/c1-5-22(10-11-26(27,28)29)31-25(34)33(6-2)18(3)19-8-7-9-20(14-19)23-16-32-13-12-30-24(32)15-21(23)17-35-4/h7-9,12-16,18,22H,5-6,10-11,17H2,1-4H3,(H,31,34). The summed E-state index contributed by atoms with van der Waals surface area (Å²) in [5, 5.41) is 2.79. The molecule has 6 nitrogen and oxygen atoms in total. The van der Waals surface area contributed by atoms with E-state index in [0.29, 0.717) is 19.6 Å². The van der Waals surface area contributed by atoms with Gasteiger partial charge in [0.2, 0.25) is 0 Å². The van der Waals surface area contributed by atoms with E-state index in [1.54, 1.807) is 25.1 Å². The largest absolute Gasteiger partial charge is 0.389 e. The average molecular weight is 491 g/mol. The highest BCUT2D eigenvalue weighted by Crippen LogP contribution is 2.30. The Morgan fingerprint density at radius 1 is 1.26 bits per heavy atom. The predicted octanol–water partition coefficient (Wildman–Crippen LogP) is 6.36. The number of pyridine rings is 1. The quantitative estimate of drug-likeness (QED) is 0.360. The first kappa shape index (κ1) is 26.5. The molecule has 3 aromatic rings. The minimum Gasteiger partial charge on any atom is -0.380 e. The number of imidazole rings is 1. The topological polar surface area (TPSA) is 58.9 Å². The molecule has 2 atom stereocenters. The van der Waals surface area contributed by atoms with Crippen molar-refractivity contribution in [1.29, 1.82) is 0 Å². The van der Waals surface area contributed by atoms with Crippen molar-refractivity contribution in [3.8, 4) is 11.1 Å². The van der Waals surface area contributed by atoms with Gasteiger partial charge in [-0.2, -0.15) is 13.2 Å². The lowest BCUT2D eigenvalue weighted by Gasteiger charge is -2.31. The van der Waals surface area contributed by atoms with Crippen molar-refractivity contribution < 1.29 is 22.7 Å². The Bertz CT molecular complexity index is 1130. The third-order valence-corrected chi connectivity index (χ3v) is 6.26. The number of aromatic nitrogens is 2. The third-order valence-electron chi connectivity index (χ3n) is 6.26. The van der Waals surface area contributed by atoms with Gasteiger partial charge in [0.15, 0.2) is 0 Å². The number of nitrogens with zero attached hydrogens (tertiary/aromatic N) is 3. The maximum Gasteiger partial charge on any atom is 0.389 e. The number of carbonyl (C=O) groups excluding carboxylic acids is 1. The van der Waals surface area contributed by atoms with Crippen molar-refractivity contribution in [2.45, 2.75) is 64.9 Å². The summed E-state index contributed by atoms with van der Waals surface area (Å²) in [6.07, 6.45) is 0.780. The second-order valence-corrected chi connectivity index (χ2v) is 8.63. The molecule has 2 heterocycles. The van der Waals surface area contributed by atoms with Crippen molar-refractivity contribution in [2.24, 2.45) is 0 Å². The SMILES string of the molecule is CCC(CCC(F)(F)F)NC(=O)N(CC)C(C)c1cccc(-c2cn3ccnc3cc2COC)c1. The van der Waals surface area contributed by atoms with Crippen molar-refractivity contribution in [1.82, 2.24) is 19.6 Å². The highest BCUT2D eigenvalue weighted by atomic mass is 19.4. The first-order valence-electron chi connectivity index (χ1n) is 11.9. The molecule has 0 spiro atoms. The Morgan fingerprint density at radius 3 is 2.69 bits per heavy atom. The number of carbonyl (C=O) groups is 1. The van der Waals surface area contributed by atoms with Gasteiger partial charge in [0.1, 0.15) is 5.65 Å². The van der Waals surface area contributed by atoms with Gasteiger partial charge in [0, 0.05) is 50.3 Å². The maximum atomic E-state index is 13.0. The summed E-state index contributed by atoms with van der Waals surface area (Å²) in [5.41, 5.74) is 4.73. The molecule has 0 aliphatic carbocycles. The summed E-state index contributed by atoms with van der Waals surface area (Å²) < 4.78 is 45.3. The zero-order valence-corrected chi connectivity index (χ0v) is 20.6. The molecule has 2 amide bonds. The number of hydrogen-bond acceptors (Lipinski definition) is 3. The van der Waals surface area contributed by atoms with Crippen LogP contribution in [0.2, 0.25) is 0 Å². The van der Waals surface area contributed by atoms with E-state index in [1.807, 2.05) is 61.0 Å². The molecular formula is C26H33F3N4O2. The number of alkyl halides is 3. The first-order chi connectivity index (χ1) is 16.7. The van der Waals surface area contributed by atoms with Crippen molar-refractivity contribution in [3.05, 3.63) is 60.0 Å². The molecule has 35 heavy (non-hydrogen) atoms. The summed E-state index contributed by atoms with van der Waals surface area (Å²) in [4.78, 5) is 19.0. The summed E-state index contributed by atoms with van der Waals surface area (Å²) in [7, 11) is 1.65. The fourth-order valence-electron chi connectivity index (χ4n) is 4.25. The Hall–Kier alpha value is -3.07. The number of rotatable bonds is 10. The normalized spacial score (nSPS) is 13.6. The van der Waals surface area contributed by atoms with Gasteiger partial charge >= 0.3 is 12.2 Å². The van der Waals surface area contributed by atoms with Gasteiger partial charge in [-0.15, -0.1) is 0 Å². The highest BCUT2D eigenvalue weighted by Gasteiger charge is 2.29. The van der Waals surface area contributed by atoms with Crippen LogP contribution in [0.15, 0.2) is 48.9 Å². The third kappa shape index (κ3) is 6.75. The number of nitrogens with one attached hydrogen (secondary N) is 1. The van der Waals surface area contributed by atoms with Crippen LogP contribution in [0.25, 0.3) is 16.8 Å². The van der Waals surface area contributed by atoms with Crippen LogP contribution in [0.3, 0.4) is 0 Å². The molecule has 0 fully saturated rings. The van der Waals surface area contributed by atoms with Crippen LogP contribution in [0.5, 0.6) is 0 Å². The summed E-state index contributed by atoms with van der Waals surface area (Å²) in [5.74, 6) is 0. The highest BCUT2D eigenvalue weighted by molar-refractivity contribution is 5.75. The van der Waals surface area contributed by atoms with E-state index in [0.717, 1.165) is 27.9 Å². The van der Waals surface area contributed by atoms with Gasteiger partial charge in [-0.1, -0.05) is 25.1 Å². The lowest BCUT2D eigenvalue weighted by molar-refractivity contribution is -0.136. The van der Waals surface area contributed by atoms with Gasteiger partial charge in [-0.25, -0.2) is 9.78 Å². The molecule has 3 rings (SSSR count). The fourth-order valence-corrected chi connectivity index (χ4v) is 4.25. The first-order valence-corrected chi connectivity index (χ1v) is 11.9. The molecule has 2 unspecified atom stereocenters. The maximum absolute atomic E-state index is 13.0. The molecule has 0 bridgehead atoms. The van der Waals surface area contributed by atoms with E-state index in [2.05, 4.69) is 10.3 Å². The Labute approximate surface area is 204 Å². The Morgan fingerprint density at radius 2 is 2.03 bits per heavy atom. The number of hydrogen-bond donors (Lipinski definition) is 1. The molecule has 9 heteroatoms. The second kappa shape index (κ2) is 11.6. The number of ether oxygens (including phenoxy) is 1. The lowest BCUT2D eigenvalue weighted by Crippen LogP contribution is -2.45. The molecule has 0 saturated carbocycles. The molecule has 1 N–H and O–H groups in total. The van der Waals surface area contributed by atoms with Gasteiger partial charge in [-0.05, 0) is 55.5 Å². The van der Waals surface area contributed by atoms with Gasteiger partial charge in [0.05, 0.1) is 12.6 Å². The van der Waals surface area contributed by atoms with E-state index in [1.165, 1.54) is 0 Å². The van der Waals surface area contributed by atoms with E-state index >= 15 is 0 Å². The molecule has 0 aliphatic rings. The van der Waals surface area contributed by atoms with Crippen LogP contribution in [0.4, 0.5) is 18.0 Å². The van der Waals surface area contributed by atoms with Crippen LogP contribution in [0, 0.1) is 0 Å². The molecule has 0 aliphatic heterocycles. The lowest BCUT2D eigenvalue weighted by atomic mass is 9.97. The van der Waals surface area contributed by atoms with E-state index in [-0.39, 0.29) is 18.5 Å². The molecular weight excluding hydrogens is 457 g/mol. The second-order valence-electron chi connectivity index (χ2n) is 8.63. The number of amides is 2. The van der Waals surface area contributed by atoms with Gasteiger partial charge in [0.25, 0.3) is 0 Å². The van der Waals surface area contributed by atoms with Crippen LogP contribution < -0.4 is 5.32 Å². The number of fused-ring (bicyclic) bond motifs is 1. The van der Waals surface area contributed by atoms with Crippen LogP contribution in [-0.2, 0) is 11.3 Å². The minimum absolute atomic E-state index is 0.133. The number of urea groups is 1. The van der Waals surface area contributed by atoms with Crippen LogP contribution in [-0.4, -0.2) is 46.2 Å². The van der Waals surface area contributed by atoms with Crippen molar-refractivity contribution in [2.75, 3.05) is 13.7 Å². The van der Waals surface area contributed by atoms with Gasteiger partial charge < -0.3 is 19.4 Å². The van der Waals surface area contributed by atoms with Crippen molar-refractivity contribution >= 4 is 11.7 Å². The Kier molecular flexibility index (Phi) is 8.77. The average Bonchev–Trinajstić information content (AvgIpc) is 3.28. The molecule has 0 saturated heterocycles. The van der Waals surface area contributed by atoms with E-state index < -0.39 is 18.6 Å². The number of benzene rings is 1. The minimum atomic E-state index is -4.24. The number of methoxy groups -OCH3 is 1. The molecule has 2 aromatic heterocycles. The fraction of sp³-hybridized carbons (Fsp3) is 0.462. The zero-order chi connectivity index (χ0) is 25.6. The van der Waals surface area contributed by atoms with Crippen LogP contribution in [0.1, 0.15) is 57.2 Å². The van der Waals surface area contributed by atoms with E-state index in [4.69, 9.17) is 4.74 Å². The zero-order valence-electron chi connectivity index (χ0n) is 20.6. The molecule has 190 valence electrons. The summed E-state index contributed by atoms with van der Waals surface area (Å²) >= 11 is 0. The monoisotopic (exact) mass is 490 g/mol. The van der Waals surface area contributed by atoms with Gasteiger partial charge in [-0.3, -0.25) is 0 Å². The summed E-state index contributed by atoms with van der Waals surface area (Å²) in [6, 6.07) is 8.77.